The molecule has 1 radical (unpaired) electrons. The molecule has 205 valence electrons. The Morgan fingerprint density at radius 1 is 0.750 bits per heavy atom. The van der Waals surface area contributed by atoms with Gasteiger partial charge in [0.05, 0.1) is 91.9 Å². The summed E-state index contributed by atoms with van der Waals surface area (Å²) in [5.74, 6) is -0.870. The van der Waals surface area contributed by atoms with Crippen LogP contribution >= 0.6 is 0 Å². The highest BCUT2D eigenvalue weighted by Crippen LogP contribution is 2.02. The number of carbonyl (C=O) groups is 3. The molecule has 0 saturated carbocycles. The average Bonchev–Trinajstić information content (AvgIpc) is 3.17. The summed E-state index contributed by atoms with van der Waals surface area (Å²) in [4.78, 5) is 46.3. The lowest BCUT2D eigenvalue weighted by Gasteiger charge is -2.15. The molecule has 0 aliphatic carbocycles. The molecular formula is C24H39N2O10. The van der Waals surface area contributed by atoms with Crippen molar-refractivity contribution in [2.45, 2.75) is 26.3 Å². The van der Waals surface area contributed by atoms with E-state index in [9.17, 15) is 19.2 Å². The van der Waals surface area contributed by atoms with Crippen LogP contribution in [0.3, 0.4) is 0 Å². The van der Waals surface area contributed by atoms with Gasteiger partial charge < -0.3 is 33.7 Å². The van der Waals surface area contributed by atoms with Gasteiger partial charge in [-0.3, -0.25) is 24.1 Å². The molecule has 0 bridgehead atoms. The summed E-state index contributed by atoms with van der Waals surface area (Å²) in [6.07, 6.45) is 4.48. The zero-order chi connectivity index (χ0) is 26.4. The number of imide groups is 1. The first kappa shape index (κ1) is 31.8. The van der Waals surface area contributed by atoms with E-state index in [1.165, 1.54) is 12.2 Å². The van der Waals surface area contributed by atoms with Gasteiger partial charge in [0, 0.05) is 18.6 Å². The van der Waals surface area contributed by atoms with Crippen molar-refractivity contribution in [3.05, 3.63) is 12.2 Å². The summed E-state index contributed by atoms with van der Waals surface area (Å²) >= 11 is 0. The van der Waals surface area contributed by atoms with Gasteiger partial charge in [0.2, 0.25) is 12.2 Å². The summed E-state index contributed by atoms with van der Waals surface area (Å²) in [6, 6.07) is -0.594. The molecule has 12 nitrogen and oxygen atoms in total. The van der Waals surface area contributed by atoms with Crippen LogP contribution in [0.15, 0.2) is 12.2 Å². The van der Waals surface area contributed by atoms with E-state index in [1.807, 2.05) is 20.1 Å². The molecule has 1 heterocycles. The minimum atomic E-state index is -0.594. The van der Waals surface area contributed by atoms with Crippen molar-refractivity contribution in [3.63, 3.8) is 0 Å². The van der Waals surface area contributed by atoms with E-state index in [1.54, 1.807) is 0 Å². The van der Waals surface area contributed by atoms with Crippen molar-refractivity contribution >= 4 is 24.0 Å². The second-order valence-corrected chi connectivity index (χ2v) is 7.99. The van der Waals surface area contributed by atoms with Crippen LogP contribution in [0, 0.1) is 5.92 Å². The van der Waals surface area contributed by atoms with Gasteiger partial charge in [0.25, 0.3) is 11.8 Å². The number of nitrogens with zero attached hydrogens (tertiary/aromatic N) is 1. The van der Waals surface area contributed by atoms with E-state index in [-0.39, 0.29) is 49.8 Å². The summed E-state index contributed by atoms with van der Waals surface area (Å²) in [5.41, 5.74) is 0. The van der Waals surface area contributed by atoms with Crippen LogP contribution in [-0.2, 0) is 47.6 Å². The van der Waals surface area contributed by atoms with Gasteiger partial charge in [-0.25, -0.2) is 0 Å². The Bertz CT molecular complexity index is 653. The van der Waals surface area contributed by atoms with Crippen LogP contribution in [0.25, 0.3) is 0 Å². The molecule has 1 atom stereocenters. The third-order valence-electron chi connectivity index (χ3n) is 4.80. The van der Waals surface area contributed by atoms with E-state index >= 15 is 0 Å². The fourth-order valence-corrected chi connectivity index (χ4v) is 2.75. The largest absolute Gasteiger partial charge is 0.379 e. The van der Waals surface area contributed by atoms with Crippen molar-refractivity contribution < 1.29 is 47.6 Å². The highest BCUT2D eigenvalue weighted by molar-refractivity contribution is 6.12. The molecule has 0 aromatic rings. The molecule has 1 N–H and O–H groups in total. The van der Waals surface area contributed by atoms with Crippen molar-refractivity contribution in [1.29, 1.82) is 0 Å². The van der Waals surface area contributed by atoms with E-state index in [4.69, 9.17) is 28.4 Å². The molecule has 1 rings (SSSR count). The second-order valence-electron chi connectivity index (χ2n) is 7.99. The molecule has 0 spiro atoms. The first-order chi connectivity index (χ1) is 17.5. The maximum Gasteiger partial charge on any atom is 0.253 e. The maximum atomic E-state index is 11.7. The smallest absolute Gasteiger partial charge is 0.253 e. The molecule has 0 fully saturated rings. The molecule has 12 heteroatoms. The summed E-state index contributed by atoms with van der Waals surface area (Å²) in [7, 11) is 0. The molecule has 36 heavy (non-hydrogen) atoms. The number of amides is 3. The first-order valence-corrected chi connectivity index (χ1v) is 12.1. The minimum Gasteiger partial charge on any atom is -0.379 e. The number of hydrogen-bond acceptors (Lipinski definition) is 10. The van der Waals surface area contributed by atoms with Crippen molar-refractivity contribution in [2.75, 3.05) is 85.8 Å². The number of hydrogen-bond donors (Lipinski definition) is 1. The fraction of sp³-hybridized carbons (Fsp3) is 0.750. The van der Waals surface area contributed by atoms with Crippen LogP contribution in [0.5, 0.6) is 0 Å². The standard InChI is InChI=1S/C24H39N2O10/c1-20(2)21(19-27)25-22(28)5-7-31-9-11-33-13-15-35-17-18-36-16-14-34-12-10-32-8-6-26-23(29)3-4-24(26)30/h3-4,20-21H,5-18H2,1-2H3,(H,25,28)/t21-/m1/s1. The zero-order valence-electron chi connectivity index (χ0n) is 21.2. The van der Waals surface area contributed by atoms with Crippen molar-refractivity contribution in [2.24, 2.45) is 5.92 Å². The van der Waals surface area contributed by atoms with Crippen LogP contribution < -0.4 is 5.32 Å². The molecule has 0 unspecified atom stereocenters. The predicted molar refractivity (Wildman–Crippen MR) is 128 cm³/mol. The Kier molecular flexibility index (Phi) is 18.5. The van der Waals surface area contributed by atoms with Crippen molar-refractivity contribution in [1.82, 2.24) is 10.2 Å². The Hall–Kier alpha value is -2.22. The first-order valence-electron chi connectivity index (χ1n) is 12.1. The van der Waals surface area contributed by atoms with Gasteiger partial charge in [-0.1, -0.05) is 13.8 Å². The van der Waals surface area contributed by atoms with Crippen molar-refractivity contribution in [3.8, 4) is 0 Å². The van der Waals surface area contributed by atoms with E-state index in [0.717, 1.165) is 4.90 Å². The normalized spacial score (nSPS) is 14.1. The second kappa shape index (κ2) is 20.9. The monoisotopic (exact) mass is 515 g/mol. The lowest BCUT2D eigenvalue weighted by molar-refractivity contribution is -0.137. The lowest BCUT2D eigenvalue weighted by Crippen LogP contribution is -2.40. The predicted octanol–water partition coefficient (Wildman–Crippen LogP) is -0.348. The Labute approximate surface area is 212 Å². The van der Waals surface area contributed by atoms with Gasteiger partial charge in [-0.2, -0.15) is 0 Å². The van der Waals surface area contributed by atoms with Gasteiger partial charge in [-0.05, 0) is 5.92 Å². The topological polar surface area (TPSA) is 139 Å². The number of rotatable bonds is 24. The molecule has 3 amide bonds. The SMILES string of the molecule is CC(C)[C@@H]([C]=O)NC(=O)CCOCCOCCOCCOCCOCCOCCN1C(=O)C=CC1=O. The van der Waals surface area contributed by atoms with Crippen LogP contribution in [-0.4, -0.2) is 121 Å². The molecule has 0 saturated heterocycles. The summed E-state index contributed by atoms with van der Waals surface area (Å²) in [6.45, 7) is 8.55. The highest BCUT2D eigenvalue weighted by atomic mass is 16.6. The highest BCUT2D eigenvalue weighted by Gasteiger charge is 2.22. The summed E-state index contributed by atoms with van der Waals surface area (Å²) < 4.78 is 32.2. The van der Waals surface area contributed by atoms with Crippen LogP contribution in [0.2, 0.25) is 0 Å². The molecule has 1 aliphatic heterocycles. The number of nitrogens with one attached hydrogen (secondary N) is 1. The molecule has 1 aliphatic rings. The zero-order valence-corrected chi connectivity index (χ0v) is 21.2. The third-order valence-corrected chi connectivity index (χ3v) is 4.80. The Morgan fingerprint density at radius 3 is 1.53 bits per heavy atom. The van der Waals surface area contributed by atoms with Gasteiger partial charge in [-0.15, -0.1) is 0 Å². The summed E-state index contributed by atoms with van der Waals surface area (Å²) in [5, 5.41) is 2.60. The number of ether oxygens (including phenoxy) is 6. The lowest BCUT2D eigenvalue weighted by atomic mass is 10.1. The minimum absolute atomic E-state index is 0.000575. The van der Waals surface area contributed by atoms with Crippen LogP contribution in [0.1, 0.15) is 20.3 Å². The van der Waals surface area contributed by atoms with Crippen LogP contribution in [0.4, 0.5) is 0 Å². The van der Waals surface area contributed by atoms with Gasteiger partial charge >= 0.3 is 0 Å². The molecule has 0 aromatic heterocycles. The van der Waals surface area contributed by atoms with E-state index in [2.05, 4.69) is 5.32 Å². The number of carbonyl (C=O) groups excluding carboxylic acids is 4. The van der Waals surface area contributed by atoms with Gasteiger partial charge in [0.1, 0.15) is 0 Å². The van der Waals surface area contributed by atoms with E-state index in [0.29, 0.717) is 66.1 Å². The van der Waals surface area contributed by atoms with Gasteiger partial charge in [0.15, 0.2) is 0 Å². The average molecular weight is 516 g/mol. The maximum absolute atomic E-state index is 11.7. The third kappa shape index (κ3) is 15.7. The molecular weight excluding hydrogens is 476 g/mol. The van der Waals surface area contributed by atoms with E-state index < -0.39 is 6.04 Å². The quantitative estimate of drug-likeness (QED) is 0.134. The fourth-order valence-electron chi connectivity index (χ4n) is 2.75. The Balaban J connectivity index is 1.74. The Morgan fingerprint density at radius 2 is 1.14 bits per heavy atom. The molecule has 0 aromatic carbocycles.